The van der Waals surface area contributed by atoms with E-state index in [2.05, 4.69) is 0 Å². The van der Waals surface area contributed by atoms with Crippen molar-refractivity contribution in [1.29, 1.82) is 0 Å². The fraction of sp³-hybridized carbons (Fsp3) is 0.317. The molecule has 0 amide bonds. The van der Waals surface area contributed by atoms with Crippen LogP contribution in [-0.2, 0) is 27.1 Å². The Kier molecular flexibility index (Phi) is 10.3. The zero-order valence-electron chi connectivity index (χ0n) is 30.8. The molecule has 0 bridgehead atoms. The van der Waals surface area contributed by atoms with E-state index < -0.39 is 52.6 Å². The van der Waals surface area contributed by atoms with E-state index in [0.29, 0.717) is 21.9 Å². The van der Waals surface area contributed by atoms with E-state index in [1.54, 1.807) is 44.2 Å². The van der Waals surface area contributed by atoms with E-state index in [-0.39, 0.29) is 80.1 Å². The number of aliphatic hydroxyl groups is 1. The quantitative estimate of drug-likeness (QED) is 0.0781. The number of phenolic OH excluding ortho intramolecular Hbond substituents is 2. The number of fused-ring (bicyclic) bond motifs is 2. The molecule has 0 fully saturated rings. The lowest BCUT2D eigenvalue weighted by Crippen LogP contribution is -2.21. The largest absolute Gasteiger partial charge is 0.504 e. The Balaban J connectivity index is 1.82. The lowest BCUT2D eigenvalue weighted by atomic mass is 9.81. The number of carbonyl (C=O) groups is 2. The van der Waals surface area contributed by atoms with Crippen LogP contribution in [0.1, 0.15) is 48.7 Å². The van der Waals surface area contributed by atoms with Crippen LogP contribution >= 0.6 is 0 Å². The van der Waals surface area contributed by atoms with Crippen LogP contribution in [0, 0.1) is 0 Å². The number of methoxy groups -OCH3 is 4. The normalized spacial score (nSPS) is 13.3. The third-order valence-electron chi connectivity index (χ3n) is 9.51. The molecule has 0 aliphatic carbocycles. The molecule has 0 saturated carbocycles. The Bertz CT molecular complexity index is 2530. The predicted octanol–water partition coefficient (Wildman–Crippen LogP) is 5.37. The van der Waals surface area contributed by atoms with Crippen LogP contribution in [0.5, 0.6) is 34.5 Å². The Morgan fingerprint density at radius 1 is 0.611 bits per heavy atom. The van der Waals surface area contributed by atoms with Crippen LogP contribution in [0.3, 0.4) is 0 Å². The van der Waals surface area contributed by atoms with Crippen molar-refractivity contribution in [3.63, 3.8) is 0 Å². The smallest absolute Gasteiger partial charge is 0.338 e. The SMILES string of the molecule is COc1c(O)c2c(=O)cc(OC)c3c4c(OC)cc(=O)c5c(O)c(OC)c(C[C@@H](C)OC(=O)c6ccccc6)c(c(c1C[C@@H](C)OC(=O)C[C@H](C)O)c23)c54. The minimum Gasteiger partial charge on any atom is -0.504 e. The van der Waals surface area contributed by atoms with Crippen molar-refractivity contribution < 1.29 is 53.3 Å². The summed E-state index contributed by atoms with van der Waals surface area (Å²) in [6.07, 6.45) is -3.11. The summed E-state index contributed by atoms with van der Waals surface area (Å²) in [5, 5.41) is 34.8. The van der Waals surface area contributed by atoms with Gasteiger partial charge in [-0.2, -0.15) is 0 Å². The highest BCUT2D eigenvalue weighted by molar-refractivity contribution is 6.38. The zero-order chi connectivity index (χ0) is 39.2. The summed E-state index contributed by atoms with van der Waals surface area (Å²) in [5.41, 5.74) is -0.331. The van der Waals surface area contributed by atoms with Gasteiger partial charge in [0.25, 0.3) is 0 Å². The van der Waals surface area contributed by atoms with Gasteiger partial charge in [0.05, 0.1) is 57.3 Å². The van der Waals surface area contributed by atoms with Gasteiger partial charge < -0.3 is 43.7 Å². The molecule has 13 nitrogen and oxygen atoms in total. The molecule has 0 radical (unpaired) electrons. The van der Waals surface area contributed by atoms with Gasteiger partial charge in [0, 0.05) is 57.6 Å². The number of benzene rings is 6. The molecule has 0 aromatic heterocycles. The molecule has 6 rings (SSSR count). The van der Waals surface area contributed by atoms with Crippen LogP contribution in [0.15, 0.2) is 52.1 Å². The first-order chi connectivity index (χ1) is 25.8. The number of rotatable bonds is 13. The summed E-state index contributed by atoms with van der Waals surface area (Å²) >= 11 is 0. The fourth-order valence-corrected chi connectivity index (χ4v) is 7.48. The highest BCUT2D eigenvalue weighted by Gasteiger charge is 2.34. The predicted molar refractivity (Wildman–Crippen MR) is 201 cm³/mol. The lowest BCUT2D eigenvalue weighted by molar-refractivity contribution is -0.150. The molecule has 0 spiro atoms. The third kappa shape index (κ3) is 6.23. The van der Waals surface area contributed by atoms with E-state index >= 15 is 0 Å². The third-order valence-corrected chi connectivity index (χ3v) is 9.51. The van der Waals surface area contributed by atoms with Gasteiger partial charge in [-0.1, -0.05) is 18.2 Å². The lowest BCUT2D eigenvalue weighted by Gasteiger charge is -2.26. The molecule has 6 aromatic rings. The number of aromatic hydroxyl groups is 2. The standard InChI is InChI=1S/C41H40O13/c1-18(42)13-28(45)53-19(2)14-22-29-30-23(15-20(3)54-41(48)21-11-9-8-10-12-21)40(52-7)38(47)32-25(44)17-27(50-5)34(36(30)32)33-26(49-4)16-24(43)31(35(29)33)37(46)39(22)51-6/h8-12,16-20,42,46-47H,13-15H2,1-7H3/t18-,19+,20+/m0/s1. The Hall–Kier alpha value is -6.08. The number of esters is 2. The average molecular weight is 741 g/mol. The average Bonchev–Trinajstić information content (AvgIpc) is 3.12. The van der Waals surface area contributed by atoms with E-state index in [0.717, 1.165) is 0 Å². The summed E-state index contributed by atoms with van der Waals surface area (Å²) in [6.45, 7) is 4.73. The number of carbonyl (C=O) groups excluding carboxylic acids is 2. The Labute approximate surface area is 308 Å². The van der Waals surface area contributed by atoms with Gasteiger partial charge in [-0.25, -0.2) is 4.79 Å². The summed E-state index contributed by atoms with van der Waals surface area (Å²) in [5.74, 6) is -2.25. The van der Waals surface area contributed by atoms with Gasteiger partial charge in [0.1, 0.15) is 23.7 Å². The van der Waals surface area contributed by atoms with E-state index in [1.807, 2.05) is 0 Å². The number of hydrogen-bond donors (Lipinski definition) is 3. The van der Waals surface area contributed by atoms with Crippen molar-refractivity contribution in [2.45, 2.75) is 58.3 Å². The molecule has 0 aliphatic heterocycles. The first kappa shape index (κ1) is 37.7. The molecular formula is C41H40O13. The number of phenols is 2. The second kappa shape index (κ2) is 14.7. The van der Waals surface area contributed by atoms with Crippen molar-refractivity contribution in [2.24, 2.45) is 0 Å². The molecule has 0 saturated heterocycles. The summed E-state index contributed by atoms with van der Waals surface area (Å²) in [6, 6.07) is 10.8. The van der Waals surface area contributed by atoms with Crippen LogP contribution in [-0.4, -0.2) is 74.0 Å². The highest BCUT2D eigenvalue weighted by Crippen LogP contribution is 2.55. The van der Waals surface area contributed by atoms with Gasteiger partial charge in [-0.05, 0) is 43.7 Å². The van der Waals surface area contributed by atoms with Crippen molar-refractivity contribution in [3.8, 4) is 34.5 Å². The monoisotopic (exact) mass is 740 g/mol. The fourth-order valence-electron chi connectivity index (χ4n) is 7.48. The molecule has 3 atom stereocenters. The molecule has 282 valence electrons. The zero-order valence-corrected chi connectivity index (χ0v) is 30.8. The Morgan fingerprint density at radius 3 is 1.46 bits per heavy atom. The number of aliphatic hydroxyl groups excluding tert-OH is 1. The summed E-state index contributed by atoms with van der Waals surface area (Å²) < 4.78 is 34.7. The van der Waals surface area contributed by atoms with Gasteiger partial charge in [0.2, 0.25) is 0 Å². The molecule has 54 heavy (non-hydrogen) atoms. The minimum atomic E-state index is -0.957. The first-order valence-electron chi connectivity index (χ1n) is 17.2. The maximum absolute atomic E-state index is 14.0. The van der Waals surface area contributed by atoms with Gasteiger partial charge in [-0.15, -0.1) is 0 Å². The molecule has 3 N–H and O–H groups in total. The second-order valence-corrected chi connectivity index (χ2v) is 13.2. The van der Waals surface area contributed by atoms with E-state index in [9.17, 15) is 34.5 Å². The van der Waals surface area contributed by atoms with Gasteiger partial charge in [-0.3, -0.25) is 14.4 Å². The van der Waals surface area contributed by atoms with Crippen LogP contribution in [0.4, 0.5) is 0 Å². The summed E-state index contributed by atoms with van der Waals surface area (Å²) in [7, 11) is 5.36. The summed E-state index contributed by atoms with van der Waals surface area (Å²) in [4.78, 5) is 53.8. The molecule has 6 aromatic carbocycles. The topological polar surface area (TPSA) is 184 Å². The van der Waals surface area contributed by atoms with Gasteiger partial charge >= 0.3 is 11.9 Å². The van der Waals surface area contributed by atoms with Crippen molar-refractivity contribution in [1.82, 2.24) is 0 Å². The van der Waals surface area contributed by atoms with Crippen LogP contribution in [0.2, 0.25) is 0 Å². The second-order valence-electron chi connectivity index (χ2n) is 13.2. The Morgan fingerprint density at radius 2 is 1.06 bits per heavy atom. The van der Waals surface area contributed by atoms with Crippen molar-refractivity contribution in [2.75, 3.05) is 28.4 Å². The van der Waals surface area contributed by atoms with Crippen molar-refractivity contribution >= 4 is 55.0 Å². The van der Waals surface area contributed by atoms with E-state index in [4.69, 9.17) is 28.4 Å². The molecule has 13 heteroatoms. The molecule has 0 aliphatic rings. The van der Waals surface area contributed by atoms with Crippen molar-refractivity contribution in [3.05, 3.63) is 79.6 Å². The number of ether oxygens (including phenoxy) is 6. The highest BCUT2D eigenvalue weighted by atomic mass is 16.5. The maximum atomic E-state index is 14.0. The maximum Gasteiger partial charge on any atom is 0.338 e. The van der Waals surface area contributed by atoms with Gasteiger partial charge in [0.15, 0.2) is 33.9 Å². The first-order valence-corrected chi connectivity index (χ1v) is 17.2. The number of hydrogen-bond acceptors (Lipinski definition) is 13. The molecule has 0 unspecified atom stereocenters. The van der Waals surface area contributed by atoms with Crippen LogP contribution in [0.25, 0.3) is 43.1 Å². The minimum absolute atomic E-state index is 0.0714. The van der Waals surface area contributed by atoms with E-state index in [1.165, 1.54) is 47.5 Å². The molecular weight excluding hydrogens is 700 g/mol. The molecule has 0 heterocycles. The van der Waals surface area contributed by atoms with Crippen LogP contribution < -0.4 is 29.8 Å².